The minimum absolute atomic E-state index is 0.752. The van der Waals surface area contributed by atoms with Gasteiger partial charge in [-0.1, -0.05) is 23.8 Å². The Morgan fingerprint density at radius 3 is 2.72 bits per heavy atom. The molecule has 3 nitrogen and oxygen atoms in total. The Morgan fingerprint density at radius 2 is 2.00 bits per heavy atom. The van der Waals surface area contributed by atoms with E-state index >= 15 is 0 Å². The Labute approximate surface area is 108 Å². The van der Waals surface area contributed by atoms with E-state index in [4.69, 9.17) is 0 Å². The van der Waals surface area contributed by atoms with Gasteiger partial charge in [0.15, 0.2) is 0 Å². The summed E-state index contributed by atoms with van der Waals surface area (Å²) in [6.45, 7) is 6.18. The third-order valence-electron chi connectivity index (χ3n) is 2.79. The normalized spacial score (nSPS) is 11.4. The van der Waals surface area contributed by atoms with E-state index in [1.165, 1.54) is 16.7 Å². The zero-order valence-corrected chi connectivity index (χ0v) is 10.9. The van der Waals surface area contributed by atoms with Crippen molar-refractivity contribution in [1.82, 2.24) is 4.98 Å². The summed E-state index contributed by atoms with van der Waals surface area (Å²) >= 11 is 0. The topological polar surface area (TPSA) is 37.3 Å². The molecular formula is C15H17N3. The average Bonchev–Trinajstić information content (AvgIpc) is 2.40. The molecule has 0 fully saturated rings. The molecule has 1 aromatic heterocycles. The molecule has 0 amide bonds. The standard InChI is InChI=1S/C15H17N3/c1-11-7-8-12(2)14(10-11)13(3)17-18-15-6-4-5-9-16-15/h4-10H,1-3H3,(H,16,18)/b17-13-. The number of pyridine rings is 1. The van der Waals surface area contributed by atoms with E-state index < -0.39 is 0 Å². The lowest BCUT2D eigenvalue weighted by Crippen LogP contribution is -2.03. The van der Waals surface area contributed by atoms with Crippen LogP contribution in [0.15, 0.2) is 47.7 Å². The lowest BCUT2D eigenvalue weighted by molar-refractivity contribution is 1.21. The second kappa shape index (κ2) is 5.45. The molecular weight excluding hydrogens is 222 g/mol. The smallest absolute Gasteiger partial charge is 0.146 e. The van der Waals surface area contributed by atoms with Crippen LogP contribution in [0.4, 0.5) is 5.82 Å². The van der Waals surface area contributed by atoms with Crippen molar-refractivity contribution in [2.45, 2.75) is 20.8 Å². The van der Waals surface area contributed by atoms with Crippen LogP contribution in [0.25, 0.3) is 0 Å². The summed E-state index contributed by atoms with van der Waals surface area (Å²) in [7, 11) is 0. The first kappa shape index (κ1) is 12.3. The maximum Gasteiger partial charge on any atom is 0.146 e. The van der Waals surface area contributed by atoms with Gasteiger partial charge in [-0.05, 0) is 44.5 Å². The van der Waals surface area contributed by atoms with Gasteiger partial charge >= 0.3 is 0 Å². The average molecular weight is 239 g/mol. The summed E-state index contributed by atoms with van der Waals surface area (Å²) in [6.07, 6.45) is 1.74. The number of rotatable bonds is 3. The van der Waals surface area contributed by atoms with Gasteiger partial charge in [-0.2, -0.15) is 5.10 Å². The van der Waals surface area contributed by atoms with Gasteiger partial charge in [0.05, 0.1) is 5.71 Å². The van der Waals surface area contributed by atoms with Crippen LogP contribution >= 0.6 is 0 Å². The summed E-state index contributed by atoms with van der Waals surface area (Å²) < 4.78 is 0. The van der Waals surface area contributed by atoms with Crippen molar-refractivity contribution >= 4 is 11.5 Å². The molecule has 0 radical (unpaired) electrons. The van der Waals surface area contributed by atoms with Crippen molar-refractivity contribution < 1.29 is 0 Å². The molecule has 0 bridgehead atoms. The zero-order chi connectivity index (χ0) is 13.0. The highest BCUT2D eigenvalue weighted by atomic mass is 15.3. The van der Waals surface area contributed by atoms with Gasteiger partial charge in [-0.15, -0.1) is 0 Å². The SMILES string of the molecule is C/C(=N/Nc1ccccn1)c1cc(C)ccc1C. The van der Waals surface area contributed by atoms with Crippen LogP contribution in [0.1, 0.15) is 23.6 Å². The molecule has 18 heavy (non-hydrogen) atoms. The molecule has 1 heterocycles. The number of nitrogens with zero attached hydrogens (tertiary/aromatic N) is 2. The second-order valence-electron chi connectivity index (χ2n) is 4.34. The fourth-order valence-electron chi connectivity index (χ4n) is 1.76. The second-order valence-corrected chi connectivity index (χ2v) is 4.34. The number of aryl methyl sites for hydroxylation is 2. The quantitative estimate of drug-likeness (QED) is 0.657. The number of hydrazone groups is 1. The molecule has 92 valence electrons. The van der Waals surface area contributed by atoms with Crippen molar-refractivity contribution in [3.05, 3.63) is 59.3 Å². The van der Waals surface area contributed by atoms with Crippen LogP contribution in [-0.4, -0.2) is 10.7 Å². The summed E-state index contributed by atoms with van der Waals surface area (Å²) in [5, 5.41) is 4.37. The molecule has 1 N–H and O–H groups in total. The molecule has 0 aliphatic heterocycles. The van der Waals surface area contributed by atoms with Crippen molar-refractivity contribution in [2.24, 2.45) is 5.10 Å². The molecule has 0 unspecified atom stereocenters. The van der Waals surface area contributed by atoms with Gasteiger partial charge in [-0.3, -0.25) is 5.43 Å². The highest BCUT2D eigenvalue weighted by molar-refractivity contribution is 6.00. The fraction of sp³-hybridized carbons (Fsp3) is 0.200. The fourth-order valence-corrected chi connectivity index (χ4v) is 1.76. The Kier molecular flexibility index (Phi) is 3.72. The molecule has 0 saturated carbocycles. The third kappa shape index (κ3) is 2.94. The van der Waals surface area contributed by atoms with Gasteiger partial charge < -0.3 is 0 Å². The van der Waals surface area contributed by atoms with Crippen molar-refractivity contribution in [3.63, 3.8) is 0 Å². The number of aromatic nitrogens is 1. The third-order valence-corrected chi connectivity index (χ3v) is 2.79. The van der Waals surface area contributed by atoms with E-state index in [1.807, 2.05) is 25.1 Å². The van der Waals surface area contributed by atoms with E-state index in [0.717, 1.165) is 11.5 Å². The van der Waals surface area contributed by atoms with Crippen LogP contribution in [0.5, 0.6) is 0 Å². The molecule has 3 heteroatoms. The van der Waals surface area contributed by atoms with Gasteiger partial charge in [0.2, 0.25) is 0 Å². The Morgan fingerprint density at radius 1 is 1.17 bits per heavy atom. The largest absolute Gasteiger partial charge is 0.261 e. The first-order valence-electron chi connectivity index (χ1n) is 5.96. The molecule has 1 aromatic carbocycles. The zero-order valence-electron chi connectivity index (χ0n) is 10.9. The minimum atomic E-state index is 0.752. The van der Waals surface area contributed by atoms with Crippen LogP contribution < -0.4 is 5.43 Å². The number of nitrogens with one attached hydrogen (secondary N) is 1. The van der Waals surface area contributed by atoms with Gasteiger partial charge in [0.1, 0.15) is 5.82 Å². The number of hydrogen-bond donors (Lipinski definition) is 1. The van der Waals surface area contributed by atoms with Crippen LogP contribution in [0, 0.1) is 13.8 Å². The van der Waals surface area contributed by atoms with Gasteiger partial charge in [0.25, 0.3) is 0 Å². The number of hydrogen-bond acceptors (Lipinski definition) is 3. The molecule has 0 spiro atoms. The first-order valence-corrected chi connectivity index (χ1v) is 5.96. The Hall–Kier alpha value is -2.16. The summed E-state index contributed by atoms with van der Waals surface area (Å²) in [5.74, 6) is 0.752. The number of benzene rings is 1. The molecule has 2 aromatic rings. The highest BCUT2D eigenvalue weighted by Gasteiger charge is 2.02. The van der Waals surface area contributed by atoms with Crippen molar-refractivity contribution in [1.29, 1.82) is 0 Å². The minimum Gasteiger partial charge on any atom is -0.261 e. The highest BCUT2D eigenvalue weighted by Crippen LogP contribution is 2.12. The van der Waals surface area contributed by atoms with Gasteiger partial charge in [-0.25, -0.2) is 4.98 Å². The maximum atomic E-state index is 4.37. The van der Waals surface area contributed by atoms with Crippen LogP contribution in [-0.2, 0) is 0 Å². The lowest BCUT2D eigenvalue weighted by atomic mass is 10.0. The summed E-state index contributed by atoms with van der Waals surface area (Å²) in [4.78, 5) is 4.17. The maximum absolute atomic E-state index is 4.37. The Bertz CT molecular complexity index is 559. The van der Waals surface area contributed by atoms with Crippen LogP contribution in [0.3, 0.4) is 0 Å². The number of anilines is 1. The van der Waals surface area contributed by atoms with Crippen molar-refractivity contribution in [3.8, 4) is 0 Å². The first-order chi connectivity index (χ1) is 8.66. The molecule has 0 aliphatic rings. The Balaban J connectivity index is 2.20. The molecule has 0 aliphatic carbocycles. The molecule has 2 rings (SSSR count). The van der Waals surface area contributed by atoms with E-state index in [-0.39, 0.29) is 0 Å². The monoisotopic (exact) mass is 239 g/mol. The van der Waals surface area contributed by atoms with Crippen LogP contribution in [0.2, 0.25) is 0 Å². The lowest BCUT2D eigenvalue weighted by Gasteiger charge is -2.07. The predicted octanol–water partition coefficient (Wildman–Crippen LogP) is 3.53. The van der Waals surface area contributed by atoms with E-state index in [2.05, 4.69) is 47.6 Å². The molecule has 0 atom stereocenters. The van der Waals surface area contributed by atoms with E-state index in [9.17, 15) is 0 Å². The molecule has 0 saturated heterocycles. The van der Waals surface area contributed by atoms with E-state index in [0.29, 0.717) is 0 Å². The van der Waals surface area contributed by atoms with Gasteiger partial charge in [0, 0.05) is 11.8 Å². The predicted molar refractivity (Wildman–Crippen MR) is 76.0 cm³/mol. The van der Waals surface area contributed by atoms with E-state index in [1.54, 1.807) is 6.20 Å². The summed E-state index contributed by atoms with van der Waals surface area (Å²) in [5.41, 5.74) is 7.56. The summed E-state index contributed by atoms with van der Waals surface area (Å²) in [6, 6.07) is 12.1. The van der Waals surface area contributed by atoms with Crippen molar-refractivity contribution in [2.75, 3.05) is 5.43 Å².